The maximum atomic E-state index is 13.0. The fourth-order valence-corrected chi connectivity index (χ4v) is 2.33. The van der Waals surface area contributed by atoms with E-state index in [1.165, 1.54) is 24.3 Å². The molecular weight excluding hydrogens is 325 g/mol. The molecule has 0 bridgehead atoms. The molecule has 5 nitrogen and oxygen atoms in total. The Hall–Kier alpha value is -3.15. The van der Waals surface area contributed by atoms with Gasteiger partial charge < -0.3 is 14.2 Å². The molecule has 25 heavy (non-hydrogen) atoms. The van der Waals surface area contributed by atoms with Crippen molar-refractivity contribution in [2.75, 3.05) is 13.7 Å². The molecule has 0 saturated heterocycles. The first-order valence-electron chi connectivity index (χ1n) is 7.70. The molecule has 0 fully saturated rings. The van der Waals surface area contributed by atoms with Crippen molar-refractivity contribution in [3.63, 3.8) is 0 Å². The van der Waals surface area contributed by atoms with Gasteiger partial charge in [-0.05, 0) is 55.0 Å². The van der Waals surface area contributed by atoms with Gasteiger partial charge >= 0.3 is 5.97 Å². The maximum absolute atomic E-state index is 13.0. The molecule has 1 aliphatic heterocycles. The number of esters is 1. The summed E-state index contributed by atoms with van der Waals surface area (Å²) in [5.41, 5.74) is 1.41. The van der Waals surface area contributed by atoms with Gasteiger partial charge in [0, 0.05) is 5.56 Å². The van der Waals surface area contributed by atoms with Crippen LogP contribution in [-0.4, -0.2) is 25.6 Å². The topological polar surface area (TPSA) is 57.1 Å². The van der Waals surface area contributed by atoms with Crippen LogP contribution < -0.4 is 9.47 Å². The molecule has 2 aromatic rings. The summed E-state index contributed by atoms with van der Waals surface area (Å²) in [5.74, 6) is 0.399. The van der Waals surface area contributed by atoms with Crippen molar-refractivity contribution in [2.24, 2.45) is 4.99 Å². The van der Waals surface area contributed by atoms with Crippen molar-refractivity contribution in [3.8, 4) is 11.5 Å². The van der Waals surface area contributed by atoms with E-state index in [4.69, 9.17) is 14.2 Å². The van der Waals surface area contributed by atoms with Gasteiger partial charge in [-0.15, -0.1) is 0 Å². The van der Waals surface area contributed by atoms with Crippen molar-refractivity contribution >= 4 is 17.9 Å². The van der Waals surface area contributed by atoms with Crippen molar-refractivity contribution < 1.29 is 23.4 Å². The number of ether oxygens (including phenoxy) is 3. The van der Waals surface area contributed by atoms with Crippen LogP contribution in [0.3, 0.4) is 0 Å². The third-order valence-electron chi connectivity index (χ3n) is 3.50. The number of aliphatic imine (C=N–C) groups is 1. The van der Waals surface area contributed by atoms with E-state index in [-0.39, 0.29) is 17.4 Å². The molecule has 0 unspecified atom stereocenters. The number of nitrogens with zero attached hydrogens (tertiary/aromatic N) is 1. The van der Waals surface area contributed by atoms with Crippen LogP contribution in [0.4, 0.5) is 4.39 Å². The Bertz CT molecular complexity index is 856. The quantitative estimate of drug-likeness (QED) is 0.616. The second-order valence-corrected chi connectivity index (χ2v) is 5.19. The Kier molecular flexibility index (Phi) is 4.79. The Labute approximate surface area is 144 Å². The van der Waals surface area contributed by atoms with Crippen molar-refractivity contribution in [1.29, 1.82) is 0 Å². The highest BCUT2D eigenvalue weighted by Gasteiger charge is 2.24. The lowest BCUT2D eigenvalue weighted by atomic mass is 10.1. The molecule has 0 spiro atoms. The maximum Gasteiger partial charge on any atom is 0.363 e. The molecule has 2 aromatic carbocycles. The summed E-state index contributed by atoms with van der Waals surface area (Å²) in [6, 6.07) is 10.9. The molecule has 0 atom stereocenters. The predicted molar refractivity (Wildman–Crippen MR) is 91.2 cm³/mol. The number of benzene rings is 2. The number of rotatable bonds is 5. The molecule has 0 saturated carbocycles. The molecule has 0 aliphatic carbocycles. The molecule has 1 aliphatic rings. The minimum atomic E-state index is -0.562. The lowest BCUT2D eigenvalue weighted by molar-refractivity contribution is -0.129. The number of hydrogen-bond acceptors (Lipinski definition) is 5. The normalized spacial score (nSPS) is 15.1. The third-order valence-corrected chi connectivity index (χ3v) is 3.50. The summed E-state index contributed by atoms with van der Waals surface area (Å²) in [6.07, 6.45) is 1.60. The molecule has 1 heterocycles. The van der Waals surface area contributed by atoms with Crippen LogP contribution in [0.1, 0.15) is 18.1 Å². The first kappa shape index (κ1) is 16.7. The van der Waals surface area contributed by atoms with Crippen LogP contribution in [-0.2, 0) is 9.53 Å². The van der Waals surface area contributed by atoms with Gasteiger partial charge in [-0.25, -0.2) is 14.2 Å². The monoisotopic (exact) mass is 341 g/mol. The van der Waals surface area contributed by atoms with Gasteiger partial charge in [0.05, 0.1) is 13.7 Å². The van der Waals surface area contributed by atoms with E-state index < -0.39 is 5.97 Å². The number of carbonyl (C=O) groups is 1. The highest BCUT2D eigenvalue weighted by Crippen LogP contribution is 2.29. The Morgan fingerprint density at radius 1 is 1.16 bits per heavy atom. The van der Waals surface area contributed by atoms with E-state index in [1.54, 1.807) is 31.4 Å². The molecule has 0 N–H and O–H groups in total. The van der Waals surface area contributed by atoms with Gasteiger partial charge in [-0.1, -0.05) is 6.07 Å². The van der Waals surface area contributed by atoms with Gasteiger partial charge in [0.1, 0.15) is 5.82 Å². The zero-order chi connectivity index (χ0) is 17.8. The highest BCUT2D eigenvalue weighted by atomic mass is 19.1. The van der Waals surface area contributed by atoms with E-state index in [0.717, 1.165) is 5.56 Å². The summed E-state index contributed by atoms with van der Waals surface area (Å²) in [7, 11) is 1.56. The van der Waals surface area contributed by atoms with Gasteiger partial charge in [-0.3, -0.25) is 0 Å². The first-order valence-corrected chi connectivity index (χ1v) is 7.70. The summed E-state index contributed by atoms with van der Waals surface area (Å²) < 4.78 is 28.9. The van der Waals surface area contributed by atoms with Crippen LogP contribution in [0.5, 0.6) is 11.5 Å². The molecule has 0 amide bonds. The van der Waals surface area contributed by atoms with Gasteiger partial charge in [0.2, 0.25) is 5.90 Å². The molecule has 3 rings (SSSR count). The number of halogens is 1. The molecular formula is C19H16FNO4. The largest absolute Gasteiger partial charge is 0.493 e. The van der Waals surface area contributed by atoms with Crippen LogP contribution in [0.25, 0.3) is 6.08 Å². The standard InChI is InChI=1S/C19H16FNO4/c1-3-24-17-11-12(4-9-16(17)23-2)10-15-19(22)25-18(21-15)13-5-7-14(20)8-6-13/h4-11H,3H2,1-2H3/b15-10+. The summed E-state index contributed by atoms with van der Waals surface area (Å²) in [5, 5.41) is 0. The zero-order valence-corrected chi connectivity index (χ0v) is 13.8. The smallest absolute Gasteiger partial charge is 0.363 e. The summed E-state index contributed by atoms with van der Waals surface area (Å²) >= 11 is 0. The van der Waals surface area contributed by atoms with Crippen molar-refractivity contribution in [2.45, 2.75) is 6.92 Å². The Morgan fingerprint density at radius 2 is 1.92 bits per heavy atom. The lowest BCUT2D eigenvalue weighted by Gasteiger charge is -2.09. The van der Waals surface area contributed by atoms with Crippen LogP contribution >= 0.6 is 0 Å². The number of hydrogen-bond donors (Lipinski definition) is 0. The van der Waals surface area contributed by atoms with Gasteiger partial charge in [0.15, 0.2) is 17.2 Å². The number of methoxy groups -OCH3 is 1. The van der Waals surface area contributed by atoms with E-state index in [9.17, 15) is 9.18 Å². The Morgan fingerprint density at radius 3 is 2.60 bits per heavy atom. The average molecular weight is 341 g/mol. The second-order valence-electron chi connectivity index (χ2n) is 5.19. The molecule has 0 aromatic heterocycles. The fourth-order valence-electron chi connectivity index (χ4n) is 2.33. The van der Waals surface area contributed by atoms with Crippen LogP contribution in [0.15, 0.2) is 53.2 Å². The van der Waals surface area contributed by atoms with Gasteiger partial charge in [0.25, 0.3) is 0 Å². The lowest BCUT2D eigenvalue weighted by Crippen LogP contribution is -2.05. The van der Waals surface area contributed by atoms with E-state index in [0.29, 0.717) is 23.7 Å². The third kappa shape index (κ3) is 3.68. The minimum absolute atomic E-state index is 0.148. The zero-order valence-electron chi connectivity index (χ0n) is 13.8. The van der Waals surface area contributed by atoms with Crippen LogP contribution in [0, 0.1) is 5.82 Å². The number of cyclic esters (lactones) is 1. The summed E-state index contributed by atoms with van der Waals surface area (Å²) in [4.78, 5) is 16.2. The molecule has 0 radical (unpaired) electrons. The SMILES string of the molecule is CCOc1cc(/C=C2/N=C(c3ccc(F)cc3)OC2=O)ccc1OC. The number of carbonyl (C=O) groups excluding carboxylic acids is 1. The fraction of sp³-hybridized carbons (Fsp3) is 0.158. The summed E-state index contributed by atoms with van der Waals surface area (Å²) in [6.45, 7) is 2.36. The van der Waals surface area contributed by atoms with Gasteiger partial charge in [-0.2, -0.15) is 0 Å². The first-order chi connectivity index (χ1) is 12.1. The predicted octanol–water partition coefficient (Wildman–Crippen LogP) is 3.58. The van der Waals surface area contributed by atoms with E-state index >= 15 is 0 Å². The Balaban J connectivity index is 1.91. The second kappa shape index (κ2) is 7.17. The molecule has 128 valence electrons. The highest BCUT2D eigenvalue weighted by molar-refractivity contribution is 6.12. The average Bonchev–Trinajstić information content (AvgIpc) is 2.97. The van der Waals surface area contributed by atoms with Crippen LogP contribution in [0.2, 0.25) is 0 Å². The molecule has 6 heteroatoms. The van der Waals surface area contributed by atoms with E-state index in [2.05, 4.69) is 4.99 Å². The van der Waals surface area contributed by atoms with Crippen molar-refractivity contribution in [1.82, 2.24) is 0 Å². The van der Waals surface area contributed by atoms with E-state index in [1.807, 2.05) is 6.92 Å². The van der Waals surface area contributed by atoms with Crippen molar-refractivity contribution in [3.05, 3.63) is 65.1 Å². The minimum Gasteiger partial charge on any atom is -0.493 e.